The smallest absolute Gasteiger partial charge is 0.0666 e. The van der Waals surface area contributed by atoms with Crippen molar-refractivity contribution in [2.75, 3.05) is 32.1 Å². The zero-order valence-electron chi connectivity index (χ0n) is 13.1. The minimum atomic E-state index is 0.363. The molecular formula is C17H28N2O. The maximum Gasteiger partial charge on any atom is 0.0666 e. The minimum absolute atomic E-state index is 0.363. The molecule has 0 spiro atoms. The second kappa shape index (κ2) is 7.65. The summed E-state index contributed by atoms with van der Waals surface area (Å²) in [5.41, 5.74) is 2.61. The summed E-state index contributed by atoms with van der Waals surface area (Å²) < 4.78 is 5.30. The summed E-state index contributed by atoms with van der Waals surface area (Å²) in [6.45, 7) is 8.77. The Labute approximate surface area is 123 Å². The third kappa shape index (κ3) is 4.50. The van der Waals surface area contributed by atoms with Crippen molar-refractivity contribution < 1.29 is 4.74 Å². The Balaban J connectivity index is 1.97. The Kier molecular flexibility index (Phi) is 5.86. The monoisotopic (exact) mass is 276 g/mol. The highest BCUT2D eigenvalue weighted by Gasteiger charge is 2.14. The van der Waals surface area contributed by atoms with Crippen LogP contribution in [0.3, 0.4) is 0 Å². The summed E-state index contributed by atoms with van der Waals surface area (Å²) in [5, 5.41) is 3.60. The molecule has 1 N–H and O–H groups in total. The fourth-order valence-corrected chi connectivity index (χ4v) is 2.75. The highest BCUT2D eigenvalue weighted by Crippen LogP contribution is 2.18. The van der Waals surface area contributed by atoms with Gasteiger partial charge in [0.25, 0.3) is 0 Å². The Morgan fingerprint density at radius 3 is 2.65 bits per heavy atom. The van der Waals surface area contributed by atoms with Crippen molar-refractivity contribution in [1.82, 2.24) is 4.90 Å². The van der Waals surface area contributed by atoms with Crippen molar-refractivity contribution in [2.24, 2.45) is 5.92 Å². The van der Waals surface area contributed by atoms with Crippen molar-refractivity contribution in [3.63, 3.8) is 0 Å². The average molecular weight is 276 g/mol. The van der Waals surface area contributed by atoms with Gasteiger partial charge >= 0.3 is 0 Å². The van der Waals surface area contributed by atoms with Gasteiger partial charge in [0, 0.05) is 19.3 Å². The van der Waals surface area contributed by atoms with E-state index in [1.807, 2.05) is 0 Å². The molecule has 3 heteroatoms. The van der Waals surface area contributed by atoms with Crippen molar-refractivity contribution in [3.05, 3.63) is 29.8 Å². The van der Waals surface area contributed by atoms with Crippen LogP contribution < -0.4 is 5.32 Å². The first-order valence-electron chi connectivity index (χ1n) is 7.76. The lowest BCUT2D eigenvalue weighted by molar-refractivity contribution is 0.171. The fraction of sp³-hybridized carbons (Fsp3) is 0.647. The number of anilines is 1. The SMILES string of the molecule is COCC(Nc1cccc(CN2CCCC2)c1)C(C)C. The summed E-state index contributed by atoms with van der Waals surface area (Å²) in [6.07, 6.45) is 2.70. The third-order valence-corrected chi connectivity index (χ3v) is 4.03. The Morgan fingerprint density at radius 2 is 2.00 bits per heavy atom. The first kappa shape index (κ1) is 15.3. The number of likely N-dealkylation sites (tertiary alicyclic amines) is 1. The van der Waals surface area contributed by atoms with Gasteiger partial charge in [-0.15, -0.1) is 0 Å². The maximum atomic E-state index is 5.30. The molecule has 1 aliphatic rings. The lowest BCUT2D eigenvalue weighted by Gasteiger charge is -2.23. The standard InChI is InChI=1S/C17H28N2O/c1-14(2)17(13-20-3)18-16-8-6-7-15(11-16)12-19-9-4-5-10-19/h6-8,11,14,17-18H,4-5,9-10,12-13H2,1-3H3. The highest BCUT2D eigenvalue weighted by molar-refractivity contribution is 5.46. The van der Waals surface area contributed by atoms with Gasteiger partial charge in [0.1, 0.15) is 0 Å². The van der Waals surface area contributed by atoms with Gasteiger partial charge < -0.3 is 10.1 Å². The average Bonchev–Trinajstić information content (AvgIpc) is 2.91. The van der Waals surface area contributed by atoms with Gasteiger partial charge in [-0.2, -0.15) is 0 Å². The molecule has 1 unspecified atom stereocenters. The minimum Gasteiger partial charge on any atom is -0.383 e. The normalized spacial score (nSPS) is 17.6. The van der Waals surface area contributed by atoms with Gasteiger partial charge in [0.05, 0.1) is 12.6 Å². The Bertz CT molecular complexity index is 400. The number of rotatable bonds is 7. The van der Waals surface area contributed by atoms with Gasteiger partial charge in [-0.1, -0.05) is 26.0 Å². The molecule has 112 valence electrons. The molecule has 3 nitrogen and oxygen atoms in total. The molecule has 0 bridgehead atoms. The van der Waals surface area contributed by atoms with E-state index in [-0.39, 0.29) is 0 Å². The summed E-state index contributed by atoms with van der Waals surface area (Å²) in [7, 11) is 1.76. The highest BCUT2D eigenvalue weighted by atomic mass is 16.5. The summed E-state index contributed by atoms with van der Waals surface area (Å²) in [5.74, 6) is 0.553. The number of methoxy groups -OCH3 is 1. The van der Waals surface area contributed by atoms with Crippen molar-refractivity contribution >= 4 is 5.69 Å². The Morgan fingerprint density at radius 1 is 1.25 bits per heavy atom. The van der Waals surface area contributed by atoms with Crippen molar-refractivity contribution in [3.8, 4) is 0 Å². The van der Waals surface area contributed by atoms with Crippen LogP contribution in [-0.4, -0.2) is 37.7 Å². The predicted octanol–water partition coefficient (Wildman–Crippen LogP) is 3.37. The van der Waals surface area contributed by atoms with E-state index in [2.05, 4.69) is 48.3 Å². The van der Waals surface area contributed by atoms with E-state index in [1.165, 1.54) is 37.2 Å². The fourth-order valence-electron chi connectivity index (χ4n) is 2.75. The molecule has 0 aromatic heterocycles. The number of nitrogens with one attached hydrogen (secondary N) is 1. The van der Waals surface area contributed by atoms with Gasteiger partial charge in [-0.05, 0) is 49.5 Å². The largest absolute Gasteiger partial charge is 0.383 e. The first-order chi connectivity index (χ1) is 9.69. The topological polar surface area (TPSA) is 24.5 Å². The van der Waals surface area contributed by atoms with E-state index in [0.29, 0.717) is 12.0 Å². The maximum absolute atomic E-state index is 5.30. The van der Waals surface area contributed by atoms with E-state index in [9.17, 15) is 0 Å². The molecule has 0 aliphatic carbocycles. The molecule has 1 heterocycles. The number of hydrogen-bond acceptors (Lipinski definition) is 3. The predicted molar refractivity (Wildman–Crippen MR) is 85.1 cm³/mol. The molecule has 1 aromatic carbocycles. The van der Waals surface area contributed by atoms with Crippen LogP contribution in [0.1, 0.15) is 32.3 Å². The van der Waals surface area contributed by atoms with Gasteiger partial charge in [-0.3, -0.25) is 4.90 Å². The summed E-state index contributed by atoms with van der Waals surface area (Å²) in [6, 6.07) is 9.17. The molecule has 0 amide bonds. The molecule has 1 fully saturated rings. The zero-order valence-corrected chi connectivity index (χ0v) is 13.1. The van der Waals surface area contributed by atoms with E-state index < -0.39 is 0 Å². The van der Waals surface area contributed by atoms with E-state index in [0.717, 1.165) is 13.2 Å². The Hall–Kier alpha value is -1.06. The molecule has 2 rings (SSSR count). The van der Waals surface area contributed by atoms with Crippen LogP contribution in [0.25, 0.3) is 0 Å². The number of benzene rings is 1. The summed E-state index contributed by atoms with van der Waals surface area (Å²) >= 11 is 0. The number of hydrogen-bond donors (Lipinski definition) is 1. The lowest BCUT2D eigenvalue weighted by atomic mass is 10.0. The quantitative estimate of drug-likeness (QED) is 0.826. The second-order valence-electron chi connectivity index (χ2n) is 6.13. The van der Waals surface area contributed by atoms with Gasteiger partial charge in [0.15, 0.2) is 0 Å². The molecule has 0 saturated carbocycles. The van der Waals surface area contributed by atoms with Crippen LogP contribution in [0.15, 0.2) is 24.3 Å². The molecular weight excluding hydrogens is 248 g/mol. The molecule has 1 saturated heterocycles. The van der Waals surface area contributed by atoms with Gasteiger partial charge in [0.2, 0.25) is 0 Å². The van der Waals surface area contributed by atoms with Crippen LogP contribution in [-0.2, 0) is 11.3 Å². The van der Waals surface area contributed by atoms with Crippen LogP contribution >= 0.6 is 0 Å². The van der Waals surface area contributed by atoms with Crippen LogP contribution in [0.2, 0.25) is 0 Å². The van der Waals surface area contributed by atoms with Crippen molar-refractivity contribution in [1.29, 1.82) is 0 Å². The number of nitrogens with zero attached hydrogens (tertiary/aromatic N) is 1. The molecule has 1 atom stereocenters. The third-order valence-electron chi connectivity index (χ3n) is 4.03. The first-order valence-corrected chi connectivity index (χ1v) is 7.76. The summed E-state index contributed by atoms with van der Waals surface area (Å²) in [4.78, 5) is 2.54. The number of ether oxygens (including phenoxy) is 1. The van der Waals surface area contributed by atoms with Crippen molar-refractivity contribution in [2.45, 2.75) is 39.3 Å². The molecule has 1 aromatic rings. The second-order valence-corrected chi connectivity index (χ2v) is 6.13. The van der Waals surface area contributed by atoms with E-state index in [1.54, 1.807) is 7.11 Å². The van der Waals surface area contributed by atoms with Gasteiger partial charge in [-0.25, -0.2) is 0 Å². The van der Waals surface area contributed by atoms with E-state index in [4.69, 9.17) is 4.74 Å². The molecule has 1 aliphatic heterocycles. The lowest BCUT2D eigenvalue weighted by Crippen LogP contribution is -2.30. The zero-order chi connectivity index (χ0) is 14.4. The molecule has 0 radical (unpaired) electrons. The molecule has 20 heavy (non-hydrogen) atoms. The van der Waals surface area contributed by atoms with E-state index >= 15 is 0 Å². The van der Waals surface area contributed by atoms with Crippen LogP contribution in [0, 0.1) is 5.92 Å². The van der Waals surface area contributed by atoms with Crippen LogP contribution in [0.5, 0.6) is 0 Å². The van der Waals surface area contributed by atoms with Crippen LogP contribution in [0.4, 0.5) is 5.69 Å².